The minimum Gasteiger partial charge on any atom is -0.479 e. The van der Waals surface area contributed by atoms with Gasteiger partial charge in [-0.25, -0.2) is 9.78 Å². The molecule has 2 N–H and O–H groups in total. The van der Waals surface area contributed by atoms with Crippen molar-refractivity contribution in [2.24, 2.45) is 7.05 Å². The molecule has 0 aliphatic heterocycles. The van der Waals surface area contributed by atoms with Crippen molar-refractivity contribution in [2.75, 3.05) is 5.32 Å². The van der Waals surface area contributed by atoms with Crippen molar-refractivity contribution in [1.29, 1.82) is 5.26 Å². The number of nitrogens with zero attached hydrogens (tertiary/aromatic N) is 4. The van der Waals surface area contributed by atoms with Crippen LogP contribution in [-0.2, 0) is 11.8 Å². The third-order valence-electron chi connectivity index (χ3n) is 2.49. The zero-order valence-electron chi connectivity index (χ0n) is 10.1. The van der Waals surface area contributed by atoms with Gasteiger partial charge in [0.2, 0.25) is 0 Å². The molecule has 0 radical (unpaired) electrons. The van der Waals surface area contributed by atoms with Gasteiger partial charge in [0.05, 0.1) is 17.8 Å². The summed E-state index contributed by atoms with van der Waals surface area (Å²) < 4.78 is 1.52. The SMILES string of the molecule is Cn1cc(C(Nc2cc(C#N)ccn2)C(=O)O)cn1. The third kappa shape index (κ3) is 2.87. The molecule has 0 fully saturated rings. The Bertz CT molecular complexity index is 644. The average Bonchev–Trinajstić information content (AvgIpc) is 2.82. The van der Waals surface area contributed by atoms with Crippen LogP contribution >= 0.6 is 0 Å². The second-order valence-electron chi connectivity index (χ2n) is 3.90. The molecule has 0 amide bonds. The Labute approximate surface area is 109 Å². The van der Waals surface area contributed by atoms with Gasteiger partial charge in [0.1, 0.15) is 5.82 Å². The Morgan fingerprint density at radius 3 is 3.00 bits per heavy atom. The van der Waals surface area contributed by atoms with Gasteiger partial charge in [-0.05, 0) is 12.1 Å². The van der Waals surface area contributed by atoms with Crippen molar-refractivity contribution in [3.63, 3.8) is 0 Å². The fraction of sp³-hybridized carbons (Fsp3) is 0.167. The number of rotatable bonds is 4. The normalized spacial score (nSPS) is 11.6. The van der Waals surface area contributed by atoms with Crippen molar-refractivity contribution in [3.8, 4) is 6.07 Å². The van der Waals surface area contributed by atoms with E-state index in [0.717, 1.165) is 0 Å². The highest BCUT2D eigenvalue weighted by Crippen LogP contribution is 2.18. The molecule has 7 heteroatoms. The van der Waals surface area contributed by atoms with Crippen molar-refractivity contribution in [1.82, 2.24) is 14.8 Å². The molecular weight excluding hydrogens is 246 g/mol. The van der Waals surface area contributed by atoms with E-state index in [1.54, 1.807) is 19.3 Å². The molecule has 0 aliphatic carbocycles. The number of nitrogens with one attached hydrogen (secondary N) is 1. The molecule has 2 aromatic rings. The third-order valence-corrected chi connectivity index (χ3v) is 2.49. The summed E-state index contributed by atoms with van der Waals surface area (Å²) in [4.78, 5) is 15.3. The maximum absolute atomic E-state index is 11.3. The van der Waals surface area contributed by atoms with Crippen LogP contribution in [-0.4, -0.2) is 25.8 Å². The monoisotopic (exact) mass is 257 g/mol. The summed E-state index contributed by atoms with van der Waals surface area (Å²) in [6.45, 7) is 0. The highest BCUT2D eigenvalue weighted by atomic mass is 16.4. The Kier molecular flexibility index (Phi) is 3.43. The van der Waals surface area contributed by atoms with E-state index < -0.39 is 12.0 Å². The molecule has 0 saturated carbocycles. The molecule has 0 bridgehead atoms. The minimum atomic E-state index is -1.04. The van der Waals surface area contributed by atoms with Crippen LogP contribution in [0.15, 0.2) is 30.7 Å². The summed E-state index contributed by atoms with van der Waals surface area (Å²) in [6, 6.07) is 4.05. The summed E-state index contributed by atoms with van der Waals surface area (Å²) in [6.07, 6.45) is 4.53. The van der Waals surface area contributed by atoms with Gasteiger partial charge in [0.15, 0.2) is 6.04 Å². The maximum Gasteiger partial charge on any atom is 0.330 e. The lowest BCUT2D eigenvalue weighted by molar-refractivity contribution is -0.138. The van der Waals surface area contributed by atoms with Crippen LogP contribution in [0.1, 0.15) is 17.2 Å². The number of nitriles is 1. The summed E-state index contributed by atoms with van der Waals surface area (Å²) in [5, 5.41) is 24.7. The number of carboxylic acid groups (broad SMARTS) is 1. The number of aliphatic carboxylic acids is 1. The number of carboxylic acids is 1. The van der Waals surface area contributed by atoms with Crippen LogP contribution in [0.4, 0.5) is 5.82 Å². The van der Waals surface area contributed by atoms with Gasteiger partial charge in [-0.1, -0.05) is 0 Å². The zero-order chi connectivity index (χ0) is 13.8. The smallest absolute Gasteiger partial charge is 0.330 e. The summed E-state index contributed by atoms with van der Waals surface area (Å²) >= 11 is 0. The maximum atomic E-state index is 11.3. The van der Waals surface area contributed by atoms with E-state index in [2.05, 4.69) is 15.4 Å². The van der Waals surface area contributed by atoms with E-state index >= 15 is 0 Å². The van der Waals surface area contributed by atoms with Gasteiger partial charge in [-0.2, -0.15) is 10.4 Å². The van der Waals surface area contributed by atoms with Crippen LogP contribution in [0.25, 0.3) is 0 Å². The second kappa shape index (κ2) is 5.18. The predicted molar refractivity (Wildman–Crippen MR) is 66.2 cm³/mol. The Morgan fingerprint density at radius 1 is 1.63 bits per heavy atom. The van der Waals surface area contributed by atoms with Gasteiger partial charge in [0, 0.05) is 25.0 Å². The molecule has 2 aromatic heterocycles. The lowest BCUT2D eigenvalue weighted by atomic mass is 10.1. The van der Waals surface area contributed by atoms with Gasteiger partial charge < -0.3 is 10.4 Å². The van der Waals surface area contributed by atoms with Crippen LogP contribution < -0.4 is 5.32 Å². The number of hydrogen-bond donors (Lipinski definition) is 2. The Hall–Kier alpha value is -2.88. The number of anilines is 1. The van der Waals surface area contributed by atoms with E-state index in [-0.39, 0.29) is 0 Å². The van der Waals surface area contributed by atoms with E-state index in [0.29, 0.717) is 16.9 Å². The van der Waals surface area contributed by atoms with Crippen LogP contribution in [0.5, 0.6) is 0 Å². The first-order valence-electron chi connectivity index (χ1n) is 5.44. The highest BCUT2D eigenvalue weighted by Gasteiger charge is 2.21. The molecule has 0 saturated heterocycles. The van der Waals surface area contributed by atoms with Gasteiger partial charge >= 0.3 is 5.97 Å². The van der Waals surface area contributed by atoms with E-state index in [4.69, 9.17) is 5.26 Å². The Morgan fingerprint density at radius 2 is 2.42 bits per heavy atom. The van der Waals surface area contributed by atoms with Crippen molar-refractivity contribution < 1.29 is 9.90 Å². The first-order chi connectivity index (χ1) is 9.10. The van der Waals surface area contributed by atoms with E-state index in [1.807, 2.05) is 6.07 Å². The molecular formula is C12H11N5O2. The van der Waals surface area contributed by atoms with Crippen molar-refractivity contribution in [2.45, 2.75) is 6.04 Å². The quantitative estimate of drug-likeness (QED) is 0.844. The first kappa shape index (κ1) is 12.6. The molecule has 2 rings (SSSR count). The molecule has 1 atom stereocenters. The first-order valence-corrected chi connectivity index (χ1v) is 5.44. The van der Waals surface area contributed by atoms with Crippen molar-refractivity contribution in [3.05, 3.63) is 41.9 Å². The molecule has 0 spiro atoms. The van der Waals surface area contributed by atoms with E-state index in [1.165, 1.54) is 23.1 Å². The molecule has 2 heterocycles. The highest BCUT2D eigenvalue weighted by molar-refractivity contribution is 5.78. The number of carbonyl (C=O) groups is 1. The summed E-state index contributed by atoms with van der Waals surface area (Å²) in [7, 11) is 1.71. The van der Waals surface area contributed by atoms with Crippen LogP contribution in [0, 0.1) is 11.3 Å². The zero-order valence-corrected chi connectivity index (χ0v) is 10.1. The van der Waals surface area contributed by atoms with E-state index in [9.17, 15) is 9.90 Å². The fourth-order valence-electron chi connectivity index (χ4n) is 1.60. The largest absolute Gasteiger partial charge is 0.479 e. The fourth-order valence-corrected chi connectivity index (χ4v) is 1.60. The second-order valence-corrected chi connectivity index (χ2v) is 3.90. The molecule has 7 nitrogen and oxygen atoms in total. The van der Waals surface area contributed by atoms with Crippen molar-refractivity contribution >= 4 is 11.8 Å². The Balaban J connectivity index is 2.27. The van der Waals surface area contributed by atoms with Gasteiger partial charge in [-0.15, -0.1) is 0 Å². The minimum absolute atomic E-state index is 0.329. The standard InChI is InChI=1S/C12H11N5O2/c1-17-7-9(6-15-17)11(12(18)19)16-10-4-8(5-13)2-3-14-10/h2-4,6-7,11H,1H3,(H,14,16)(H,18,19). The summed E-state index contributed by atoms with van der Waals surface area (Å²) in [5.74, 6) is -0.715. The molecule has 0 aromatic carbocycles. The molecule has 96 valence electrons. The summed E-state index contributed by atoms with van der Waals surface area (Å²) in [5.41, 5.74) is 0.923. The molecule has 19 heavy (non-hydrogen) atoms. The predicted octanol–water partition coefficient (Wildman–Crippen LogP) is 0.925. The average molecular weight is 257 g/mol. The van der Waals surface area contributed by atoms with Gasteiger partial charge in [-0.3, -0.25) is 4.68 Å². The topological polar surface area (TPSA) is 104 Å². The van der Waals surface area contributed by atoms with Gasteiger partial charge in [0.25, 0.3) is 0 Å². The number of aryl methyl sites for hydroxylation is 1. The van der Waals surface area contributed by atoms with Crippen LogP contribution in [0.3, 0.4) is 0 Å². The number of aromatic nitrogens is 3. The molecule has 1 unspecified atom stereocenters. The number of hydrogen-bond acceptors (Lipinski definition) is 5. The molecule has 0 aliphatic rings. The number of pyridine rings is 1. The lowest BCUT2D eigenvalue weighted by Crippen LogP contribution is -2.20. The lowest BCUT2D eigenvalue weighted by Gasteiger charge is -2.13. The van der Waals surface area contributed by atoms with Crippen LogP contribution in [0.2, 0.25) is 0 Å².